The van der Waals surface area contributed by atoms with E-state index in [4.69, 9.17) is 0 Å². The fourth-order valence-electron chi connectivity index (χ4n) is 3.43. The number of para-hydroxylation sites is 1. The van der Waals surface area contributed by atoms with Crippen LogP contribution in [0.25, 0.3) is 0 Å². The Morgan fingerprint density at radius 2 is 1.58 bits per heavy atom. The lowest BCUT2D eigenvalue weighted by Crippen LogP contribution is -2.36. The standard InChI is InChI=1S/C24H39N3O4/c1-2-3-4-5-6-7-8-9-10-11-12-15-18-25-24(29)22(20-28)26-19-21-16-13-14-17-23(21)27(30)31/h13-14,16-17,19,22,28H,2-12,15,18,20H2,1H3,(H,25,29). The predicted octanol–water partition coefficient (Wildman–Crippen LogP) is 5.19. The van der Waals surface area contributed by atoms with Crippen LogP contribution in [0.4, 0.5) is 5.69 Å². The van der Waals surface area contributed by atoms with Gasteiger partial charge >= 0.3 is 0 Å². The molecule has 1 aromatic carbocycles. The topological polar surface area (TPSA) is 105 Å². The van der Waals surface area contributed by atoms with Gasteiger partial charge in [0.25, 0.3) is 5.69 Å². The molecule has 174 valence electrons. The quantitative estimate of drug-likeness (QED) is 0.144. The van der Waals surface area contributed by atoms with E-state index in [-0.39, 0.29) is 11.6 Å². The summed E-state index contributed by atoms with van der Waals surface area (Å²) in [4.78, 5) is 26.8. The van der Waals surface area contributed by atoms with E-state index in [2.05, 4.69) is 17.2 Å². The third kappa shape index (κ3) is 12.2. The lowest BCUT2D eigenvalue weighted by atomic mass is 10.1. The summed E-state index contributed by atoms with van der Waals surface area (Å²) in [5.74, 6) is -0.361. The minimum absolute atomic E-state index is 0.0835. The molecular formula is C24H39N3O4. The molecule has 0 aliphatic carbocycles. The fraction of sp³-hybridized carbons (Fsp3) is 0.667. The first kappa shape index (κ1) is 26.8. The first-order valence-corrected chi connectivity index (χ1v) is 11.7. The molecule has 1 atom stereocenters. The SMILES string of the molecule is CCCCCCCCCCCCCCNC(=O)C(CO)N=Cc1ccccc1[N+](=O)[O-]. The van der Waals surface area contributed by atoms with Crippen LogP contribution >= 0.6 is 0 Å². The van der Waals surface area contributed by atoms with Crippen LogP contribution in [0, 0.1) is 10.1 Å². The van der Waals surface area contributed by atoms with Gasteiger partial charge < -0.3 is 10.4 Å². The highest BCUT2D eigenvalue weighted by molar-refractivity contribution is 5.89. The Balaban J connectivity index is 2.16. The predicted molar refractivity (Wildman–Crippen MR) is 126 cm³/mol. The first-order chi connectivity index (χ1) is 15.1. The van der Waals surface area contributed by atoms with Gasteiger partial charge in [0.15, 0.2) is 6.04 Å². The Kier molecular flexibility index (Phi) is 15.0. The molecule has 0 fully saturated rings. The summed E-state index contributed by atoms with van der Waals surface area (Å²) in [7, 11) is 0. The van der Waals surface area contributed by atoms with Gasteiger partial charge in [-0.1, -0.05) is 89.7 Å². The number of nitrogens with zero attached hydrogens (tertiary/aromatic N) is 2. The third-order valence-corrected chi connectivity index (χ3v) is 5.33. The Morgan fingerprint density at radius 1 is 1.03 bits per heavy atom. The van der Waals surface area contributed by atoms with Crippen molar-refractivity contribution in [2.24, 2.45) is 4.99 Å². The second-order valence-electron chi connectivity index (χ2n) is 7.97. The number of rotatable bonds is 18. The molecule has 1 rings (SSSR count). The molecule has 1 aromatic rings. The molecule has 0 radical (unpaired) electrons. The van der Waals surface area contributed by atoms with E-state index >= 15 is 0 Å². The van der Waals surface area contributed by atoms with E-state index in [9.17, 15) is 20.0 Å². The van der Waals surface area contributed by atoms with Crippen LogP contribution in [0.15, 0.2) is 29.3 Å². The summed E-state index contributed by atoms with van der Waals surface area (Å²) < 4.78 is 0. The molecule has 0 spiro atoms. The molecule has 0 saturated heterocycles. The van der Waals surface area contributed by atoms with Gasteiger partial charge in [-0.15, -0.1) is 0 Å². The second-order valence-corrected chi connectivity index (χ2v) is 7.97. The number of nitro benzene ring substituents is 1. The molecule has 7 nitrogen and oxygen atoms in total. The average Bonchev–Trinajstić information content (AvgIpc) is 2.77. The number of aliphatic hydroxyl groups is 1. The molecule has 0 aromatic heterocycles. The molecule has 0 aliphatic heterocycles. The van der Waals surface area contributed by atoms with Crippen LogP contribution in [0.2, 0.25) is 0 Å². The molecule has 7 heteroatoms. The zero-order chi connectivity index (χ0) is 22.7. The number of unbranched alkanes of at least 4 members (excludes halogenated alkanes) is 11. The molecule has 0 saturated carbocycles. The van der Waals surface area contributed by atoms with E-state index in [1.807, 2.05) is 0 Å². The number of aliphatic imine (C=N–C) groups is 1. The molecule has 0 bridgehead atoms. The Labute approximate surface area is 186 Å². The Hall–Kier alpha value is -2.28. The smallest absolute Gasteiger partial charge is 0.278 e. The maximum absolute atomic E-state index is 12.2. The van der Waals surface area contributed by atoms with Gasteiger partial charge in [-0.3, -0.25) is 19.9 Å². The van der Waals surface area contributed by atoms with Crippen molar-refractivity contribution in [1.29, 1.82) is 0 Å². The minimum atomic E-state index is -0.961. The summed E-state index contributed by atoms with van der Waals surface area (Å²) >= 11 is 0. The number of benzene rings is 1. The van der Waals surface area contributed by atoms with Crippen LogP contribution in [0.3, 0.4) is 0 Å². The monoisotopic (exact) mass is 433 g/mol. The largest absolute Gasteiger partial charge is 0.394 e. The van der Waals surface area contributed by atoms with Gasteiger partial charge in [-0.2, -0.15) is 0 Å². The van der Waals surface area contributed by atoms with Crippen LogP contribution in [-0.4, -0.2) is 41.3 Å². The van der Waals surface area contributed by atoms with Gasteiger partial charge in [-0.05, 0) is 12.5 Å². The molecule has 31 heavy (non-hydrogen) atoms. The number of nitrogens with one attached hydrogen (secondary N) is 1. The highest BCUT2D eigenvalue weighted by Crippen LogP contribution is 2.15. The van der Waals surface area contributed by atoms with E-state index in [0.717, 1.165) is 12.8 Å². The van der Waals surface area contributed by atoms with Gasteiger partial charge in [0.2, 0.25) is 5.91 Å². The molecular weight excluding hydrogens is 394 g/mol. The maximum Gasteiger partial charge on any atom is 0.278 e. The van der Waals surface area contributed by atoms with Gasteiger partial charge in [0.05, 0.1) is 17.1 Å². The van der Waals surface area contributed by atoms with Crippen molar-refractivity contribution in [3.63, 3.8) is 0 Å². The van der Waals surface area contributed by atoms with E-state index in [1.54, 1.807) is 18.2 Å². The van der Waals surface area contributed by atoms with Crippen LogP contribution < -0.4 is 5.32 Å². The number of amides is 1. The van der Waals surface area contributed by atoms with Crippen molar-refractivity contribution >= 4 is 17.8 Å². The van der Waals surface area contributed by atoms with Gasteiger partial charge in [0, 0.05) is 18.8 Å². The summed E-state index contributed by atoms with van der Waals surface area (Å²) in [5, 5.41) is 23.3. The fourth-order valence-corrected chi connectivity index (χ4v) is 3.43. The first-order valence-electron chi connectivity index (χ1n) is 11.7. The van der Waals surface area contributed by atoms with Crippen molar-refractivity contribution in [2.75, 3.05) is 13.2 Å². The maximum atomic E-state index is 12.2. The second kappa shape index (κ2) is 17.4. The van der Waals surface area contributed by atoms with Crippen molar-refractivity contribution in [3.8, 4) is 0 Å². The minimum Gasteiger partial charge on any atom is -0.394 e. The number of nitro groups is 1. The van der Waals surface area contributed by atoms with Crippen LogP contribution in [0.1, 0.15) is 89.5 Å². The van der Waals surface area contributed by atoms with Crippen molar-refractivity contribution in [1.82, 2.24) is 5.32 Å². The van der Waals surface area contributed by atoms with Crippen molar-refractivity contribution in [3.05, 3.63) is 39.9 Å². The summed E-state index contributed by atoms with van der Waals surface area (Å²) in [6, 6.07) is 5.21. The molecule has 1 unspecified atom stereocenters. The molecule has 0 aliphatic rings. The van der Waals surface area contributed by atoms with E-state index in [1.165, 1.54) is 76.5 Å². The number of hydrogen-bond donors (Lipinski definition) is 2. The number of carbonyl (C=O) groups is 1. The summed E-state index contributed by atoms with van der Waals surface area (Å²) in [5.41, 5.74) is 0.222. The molecule has 2 N–H and O–H groups in total. The lowest BCUT2D eigenvalue weighted by molar-refractivity contribution is -0.385. The zero-order valence-electron chi connectivity index (χ0n) is 18.9. The highest BCUT2D eigenvalue weighted by Gasteiger charge is 2.16. The molecule has 1 amide bonds. The lowest BCUT2D eigenvalue weighted by Gasteiger charge is -2.10. The van der Waals surface area contributed by atoms with Gasteiger partial charge in [0.1, 0.15) is 0 Å². The normalized spacial score (nSPS) is 12.2. The summed E-state index contributed by atoms with van der Waals surface area (Å²) in [6.07, 6.45) is 16.4. The number of aliphatic hydroxyl groups excluding tert-OH is 1. The summed E-state index contributed by atoms with van der Waals surface area (Å²) in [6.45, 7) is 2.35. The zero-order valence-corrected chi connectivity index (χ0v) is 18.9. The average molecular weight is 434 g/mol. The highest BCUT2D eigenvalue weighted by atomic mass is 16.6. The Morgan fingerprint density at radius 3 is 2.13 bits per heavy atom. The van der Waals surface area contributed by atoms with Crippen molar-refractivity contribution in [2.45, 2.75) is 90.0 Å². The van der Waals surface area contributed by atoms with E-state index in [0.29, 0.717) is 12.1 Å². The Bertz CT molecular complexity index is 664. The van der Waals surface area contributed by atoms with Crippen molar-refractivity contribution < 1.29 is 14.8 Å². The number of carbonyl (C=O) groups excluding carboxylic acids is 1. The van der Waals surface area contributed by atoms with E-state index < -0.39 is 17.6 Å². The third-order valence-electron chi connectivity index (χ3n) is 5.33. The van der Waals surface area contributed by atoms with Gasteiger partial charge in [-0.25, -0.2) is 0 Å². The van der Waals surface area contributed by atoms with Crippen LogP contribution in [-0.2, 0) is 4.79 Å². The number of hydrogen-bond acceptors (Lipinski definition) is 5. The van der Waals surface area contributed by atoms with Crippen LogP contribution in [0.5, 0.6) is 0 Å². The molecule has 0 heterocycles.